The van der Waals surface area contributed by atoms with Gasteiger partial charge in [-0.3, -0.25) is 4.79 Å². The number of esters is 1. The molecule has 0 radical (unpaired) electrons. The van der Waals surface area contributed by atoms with E-state index in [1.165, 1.54) is 55.6 Å². The van der Waals surface area contributed by atoms with Gasteiger partial charge in [0.05, 0.1) is 23.1 Å². The highest BCUT2D eigenvalue weighted by Crippen LogP contribution is 2.38. The van der Waals surface area contributed by atoms with Crippen molar-refractivity contribution in [1.82, 2.24) is 0 Å². The van der Waals surface area contributed by atoms with Crippen molar-refractivity contribution in [3.8, 4) is 17.2 Å². The number of fused-ring (bicyclic) bond motifs is 1. The Bertz CT molecular complexity index is 1500. The molecule has 11 heteroatoms. The second-order valence-electron chi connectivity index (χ2n) is 7.39. The Morgan fingerprint density at radius 2 is 1.69 bits per heavy atom. The van der Waals surface area contributed by atoms with Crippen molar-refractivity contribution in [2.45, 2.75) is 12.8 Å². The van der Waals surface area contributed by atoms with Crippen LogP contribution in [0.5, 0.6) is 17.2 Å². The molecule has 36 heavy (non-hydrogen) atoms. The van der Waals surface area contributed by atoms with Gasteiger partial charge >= 0.3 is 12.1 Å². The molecule has 0 spiro atoms. The largest absolute Gasteiger partial charge is 0.489 e. The maximum absolute atomic E-state index is 13.8. The molecule has 1 heterocycles. The number of carbonyl (C=O) groups is 1. The first-order valence-electron chi connectivity index (χ1n) is 10.2. The third kappa shape index (κ3) is 5.28. The lowest BCUT2D eigenvalue weighted by molar-refractivity contribution is -0.154. The lowest BCUT2D eigenvalue weighted by Gasteiger charge is -2.14. The Morgan fingerprint density at radius 3 is 2.33 bits per heavy atom. The van der Waals surface area contributed by atoms with Crippen molar-refractivity contribution in [3.05, 3.63) is 98.6 Å². The Kier molecular flexibility index (Phi) is 6.89. The number of benzene rings is 3. The van der Waals surface area contributed by atoms with Gasteiger partial charge in [-0.05, 0) is 48.5 Å². The van der Waals surface area contributed by atoms with Crippen LogP contribution in [0.15, 0.2) is 69.9 Å². The van der Waals surface area contributed by atoms with E-state index in [0.29, 0.717) is 5.56 Å². The van der Waals surface area contributed by atoms with E-state index in [2.05, 4.69) is 4.74 Å². The summed E-state index contributed by atoms with van der Waals surface area (Å²) >= 11 is 5.96. The Hall–Kier alpha value is -4.05. The first-order valence-corrected chi connectivity index (χ1v) is 10.6. The van der Waals surface area contributed by atoms with Crippen LogP contribution in [0, 0.1) is 5.82 Å². The van der Waals surface area contributed by atoms with Gasteiger partial charge in [0.2, 0.25) is 11.2 Å². The van der Waals surface area contributed by atoms with E-state index in [4.69, 9.17) is 25.5 Å². The first kappa shape index (κ1) is 25.1. The van der Waals surface area contributed by atoms with Crippen LogP contribution in [-0.2, 0) is 17.5 Å². The van der Waals surface area contributed by atoms with Crippen molar-refractivity contribution in [1.29, 1.82) is 0 Å². The number of hydrogen-bond donors (Lipinski definition) is 0. The molecule has 0 fully saturated rings. The summed E-state index contributed by atoms with van der Waals surface area (Å²) in [6.45, 7) is -0.107. The number of halogens is 5. The topological polar surface area (TPSA) is 75.0 Å². The fourth-order valence-corrected chi connectivity index (χ4v) is 3.44. The molecule has 4 aromatic rings. The molecular formula is C25H15ClF4O6. The second kappa shape index (κ2) is 9.90. The highest BCUT2D eigenvalue weighted by atomic mass is 35.5. The summed E-state index contributed by atoms with van der Waals surface area (Å²) in [5, 5.41) is -0.0700. The molecular weight excluding hydrogens is 508 g/mol. The number of methoxy groups -OCH3 is 1. The van der Waals surface area contributed by atoms with Gasteiger partial charge in [-0.25, -0.2) is 9.18 Å². The first-order chi connectivity index (χ1) is 17.1. The van der Waals surface area contributed by atoms with Crippen molar-refractivity contribution in [2.75, 3.05) is 7.11 Å². The Balaban J connectivity index is 1.68. The fraction of sp³-hybridized carbons (Fsp3) is 0.120. The van der Waals surface area contributed by atoms with Gasteiger partial charge in [0.1, 0.15) is 29.5 Å². The van der Waals surface area contributed by atoms with E-state index in [-0.39, 0.29) is 39.7 Å². The summed E-state index contributed by atoms with van der Waals surface area (Å²) in [4.78, 5) is 24.5. The fourth-order valence-electron chi connectivity index (χ4n) is 3.22. The van der Waals surface area contributed by atoms with E-state index in [1.807, 2.05) is 0 Å². The molecule has 186 valence electrons. The molecule has 6 nitrogen and oxygen atoms in total. The zero-order valence-corrected chi connectivity index (χ0v) is 19.1. The third-order valence-corrected chi connectivity index (χ3v) is 5.34. The molecule has 0 saturated carbocycles. The minimum atomic E-state index is -5.06. The van der Waals surface area contributed by atoms with Crippen molar-refractivity contribution in [2.24, 2.45) is 0 Å². The van der Waals surface area contributed by atoms with Crippen LogP contribution in [0.4, 0.5) is 17.6 Å². The van der Waals surface area contributed by atoms with Crippen molar-refractivity contribution in [3.63, 3.8) is 0 Å². The van der Waals surface area contributed by atoms with Crippen LogP contribution in [-0.4, -0.2) is 13.1 Å². The van der Waals surface area contributed by atoms with Crippen LogP contribution in [0.2, 0.25) is 5.02 Å². The average molecular weight is 523 g/mol. The Morgan fingerprint density at radius 1 is 1.00 bits per heavy atom. The molecule has 0 aliphatic heterocycles. The van der Waals surface area contributed by atoms with Crippen molar-refractivity contribution < 1.29 is 41.0 Å². The van der Waals surface area contributed by atoms with E-state index < -0.39 is 34.9 Å². The predicted molar refractivity (Wildman–Crippen MR) is 121 cm³/mol. The number of ether oxygens (including phenoxy) is 3. The average Bonchev–Trinajstić information content (AvgIpc) is 2.84. The summed E-state index contributed by atoms with van der Waals surface area (Å²) in [7, 11) is 1.18. The van der Waals surface area contributed by atoms with Gasteiger partial charge in [-0.2, -0.15) is 13.2 Å². The monoisotopic (exact) mass is 522 g/mol. The molecule has 0 bridgehead atoms. The lowest BCUT2D eigenvalue weighted by Crippen LogP contribution is -2.15. The van der Waals surface area contributed by atoms with Crippen LogP contribution in [0.25, 0.3) is 11.0 Å². The second-order valence-corrected chi connectivity index (χ2v) is 7.79. The van der Waals surface area contributed by atoms with Crippen LogP contribution in [0.3, 0.4) is 0 Å². The summed E-state index contributed by atoms with van der Waals surface area (Å²) in [5.41, 5.74) is -0.865. The summed E-state index contributed by atoms with van der Waals surface area (Å²) in [6, 6.07) is 12.4. The quantitative estimate of drug-likeness (QED) is 0.206. The van der Waals surface area contributed by atoms with Crippen molar-refractivity contribution >= 4 is 28.5 Å². The third-order valence-electron chi connectivity index (χ3n) is 4.98. The molecule has 0 unspecified atom stereocenters. The number of rotatable bonds is 6. The van der Waals surface area contributed by atoms with Gasteiger partial charge in [0.15, 0.2) is 0 Å². The molecule has 0 amide bonds. The SMILES string of the molecule is COC(=O)c1ccc(Oc2c(C(F)(F)F)oc3cc(OCc4ccc(F)cc4Cl)ccc3c2=O)cc1. The summed E-state index contributed by atoms with van der Waals surface area (Å²) in [5.74, 6) is -3.93. The molecule has 0 saturated heterocycles. The lowest BCUT2D eigenvalue weighted by atomic mass is 10.2. The summed E-state index contributed by atoms with van der Waals surface area (Å²) in [6.07, 6.45) is -5.06. The zero-order chi connectivity index (χ0) is 26.0. The standard InChI is InChI=1S/C25H15ClF4O6/c1-33-24(32)13-3-6-16(7-4-13)35-22-21(31)18-9-8-17(11-20(18)36-23(22)25(28,29)30)34-12-14-2-5-15(27)10-19(14)26/h2-11H,12H2,1H3. The van der Waals surface area contributed by atoms with Gasteiger partial charge in [0, 0.05) is 11.6 Å². The van der Waals surface area contributed by atoms with Crippen LogP contribution >= 0.6 is 11.6 Å². The predicted octanol–water partition coefficient (Wildman–Crippen LogP) is 6.76. The Labute approximate surface area is 205 Å². The van der Waals surface area contributed by atoms with Gasteiger partial charge in [-0.1, -0.05) is 17.7 Å². The maximum Gasteiger partial charge on any atom is 0.453 e. The minimum Gasteiger partial charge on any atom is -0.489 e. The number of alkyl halides is 3. The maximum atomic E-state index is 13.8. The molecule has 1 aromatic heterocycles. The molecule has 3 aromatic carbocycles. The zero-order valence-electron chi connectivity index (χ0n) is 18.3. The highest BCUT2D eigenvalue weighted by molar-refractivity contribution is 6.31. The molecule has 0 atom stereocenters. The normalized spacial score (nSPS) is 11.4. The van der Waals surface area contributed by atoms with Gasteiger partial charge in [-0.15, -0.1) is 0 Å². The van der Waals surface area contributed by atoms with Gasteiger partial charge < -0.3 is 18.6 Å². The molecule has 0 aliphatic carbocycles. The van der Waals surface area contributed by atoms with E-state index >= 15 is 0 Å². The summed E-state index contributed by atoms with van der Waals surface area (Å²) < 4.78 is 74.9. The van der Waals surface area contributed by atoms with E-state index in [0.717, 1.165) is 12.1 Å². The van der Waals surface area contributed by atoms with E-state index in [9.17, 15) is 27.2 Å². The van der Waals surface area contributed by atoms with Crippen LogP contribution < -0.4 is 14.9 Å². The molecule has 0 aliphatic rings. The number of carbonyl (C=O) groups excluding carboxylic acids is 1. The number of hydrogen-bond acceptors (Lipinski definition) is 6. The molecule has 4 rings (SSSR count). The van der Waals surface area contributed by atoms with Gasteiger partial charge in [0.25, 0.3) is 5.76 Å². The molecule has 0 N–H and O–H groups in total. The minimum absolute atomic E-state index is 0.0891. The highest BCUT2D eigenvalue weighted by Gasteiger charge is 2.40. The smallest absolute Gasteiger partial charge is 0.453 e. The van der Waals surface area contributed by atoms with E-state index in [1.54, 1.807) is 0 Å². The van der Waals surface area contributed by atoms with Crippen LogP contribution in [0.1, 0.15) is 21.7 Å².